The van der Waals surface area contributed by atoms with Gasteiger partial charge in [-0.25, -0.2) is 22.5 Å². The highest BCUT2D eigenvalue weighted by molar-refractivity contribution is 7.89. The molecular weight excluding hydrogens is 410 g/mol. The topological polar surface area (TPSA) is 117 Å². The van der Waals surface area contributed by atoms with Gasteiger partial charge < -0.3 is 9.47 Å². The Bertz CT molecular complexity index is 1140. The molecule has 0 spiro atoms. The van der Waals surface area contributed by atoms with Gasteiger partial charge in [0.05, 0.1) is 19.8 Å². The Morgan fingerprint density at radius 3 is 2.60 bits per heavy atom. The van der Waals surface area contributed by atoms with Gasteiger partial charge in [0, 0.05) is 31.1 Å². The summed E-state index contributed by atoms with van der Waals surface area (Å²) >= 11 is 0. The molecule has 1 aromatic carbocycles. The minimum absolute atomic E-state index is 0.0269. The van der Waals surface area contributed by atoms with Gasteiger partial charge in [-0.2, -0.15) is 5.10 Å². The second-order valence-corrected chi connectivity index (χ2v) is 7.81. The Kier molecular flexibility index (Phi) is 6.85. The van der Waals surface area contributed by atoms with Crippen LogP contribution in [-0.2, 0) is 16.6 Å². The highest BCUT2D eigenvalue weighted by atomic mass is 32.2. The molecule has 0 amide bonds. The van der Waals surface area contributed by atoms with Gasteiger partial charge in [-0.1, -0.05) is 0 Å². The summed E-state index contributed by atoms with van der Waals surface area (Å²) in [6.07, 6.45) is 3.29. The first-order valence-electron chi connectivity index (χ1n) is 9.42. The highest BCUT2D eigenvalue weighted by Gasteiger charge is 2.20. The maximum absolute atomic E-state index is 12.8. The molecule has 160 valence electrons. The molecule has 0 unspecified atom stereocenters. The van der Waals surface area contributed by atoms with Gasteiger partial charge >= 0.3 is 0 Å². The van der Waals surface area contributed by atoms with Crippen LogP contribution in [0.5, 0.6) is 11.5 Å². The van der Waals surface area contributed by atoms with Gasteiger partial charge in [-0.05, 0) is 38.1 Å². The fourth-order valence-corrected chi connectivity index (χ4v) is 3.90. The minimum atomic E-state index is -3.91. The van der Waals surface area contributed by atoms with Crippen LogP contribution in [0, 0.1) is 0 Å². The molecule has 1 N–H and O–H groups in total. The lowest BCUT2D eigenvalue weighted by atomic mass is 10.3. The Balaban J connectivity index is 1.77. The van der Waals surface area contributed by atoms with Crippen molar-refractivity contribution in [3.8, 4) is 17.3 Å². The molecule has 0 saturated carbocycles. The molecular formula is C19H23N5O5S. The number of hydrogen-bond donors (Lipinski definition) is 1. The van der Waals surface area contributed by atoms with Crippen molar-refractivity contribution in [3.63, 3.8) is 0 Å². The van der Waals surface area contributed by atoms with Gasteiger partial charge in [0.25, 0.3) is 5.56 Å². The van der Waals surface area contributed by atoms with Crippen molar-refractivity contribution in [1.29, 1.82) is 0 Å². The number of nitrogens with one attached hydrogen (secondary N) is 1. The third-order valence-electron chi connectivity index (χ3n) is 4.02. The third kappa shape index (κ3) is 5.05. The predicted octanol–water partition coefficient (Wildman–Crippen LogP) is 1.20. The summed E-state index contributed by atoms with van der Waals surface area (Å²) in [7, 11) is -3.91. The third-order valence-corrected chi connectivity index (χ3v) is 5.51. The first-order valence-corrected chi connectivity index (χ1v) is 10.9. The molecule has 3 rings (SSSR count). The largest absolute Gasteiger partial charge is 0.494 e. The minimum Gasteiger partial charge on any atom is -0.494 e. The monoisotopic (exact) mass is 433 g/mol. The molecule has 0 aliphatic carbocycles. The van der Waals surface area contributed by atoms with E-state index in [1.54, 1.807) is 43.6 Å². The molecule has 3 aromatic rings. The molecule has 30 heavy (non-hydrogen) atoms. The van der Waals surface area contributed by atoms with E-state index in [2.05, 4.69) is 14.9 Å². The van der Waals surface area contributed by atoms with Crippen molar-refractivity contribution in [2.24, 2.45) is 0 Å². The number of sulfonamides is 1. The second-order valence-electron chi connectivity index (χ2n) is 6.08. The molecule has 10 nitrogen and oxygen atoms in total. The van der Waals surface area contributed by atoms with E-state index in [0.29, 0.717) is 24.8 Å². The maximum atomic E-state index is 12.8. The molecule has 11 heteroatoms. The molecule has 0 bridgehead atoms. The maximum Gasteiger partial charge on any atom is 0.266 e. The summed E-state index contributed by atoms with van der Waals surface area (Å²) in [6.45, 7) is 4.30. The van der Waals surface area contributed by atoms with Crippen LogP contribution in [0.25, 0.3) is 5.82 Å². The summed E-state index contributed by atoms with van der Waals surface area (Å²) in [5, 5.41) is 8.29. The fourth-order valence-electron chi connectivity index (χ4n) is 2.72. The van der Waals surface area contributed by atoms with Gasteiger partial charge in [0.15, 0.2) is 5.82 Å². The van der Waals surface area contributed by atoms with Crippen LogP contribution in [0.3, 0.4) is 0 Å². The second kappa shape index (κ2) is 9.55. The summed E-state index contributed by atoms with van der Waals surface area (Å²) in [5.41, 5.74) is -0.349. The zero-order chi connectivity index (χ0) is 21.6. The van der Waals surface area contributed by atoms with Crippen molar-refractivity contribution in [1.82, 2.24) is 24.3 Å². The summed E-state index contributed by atoms with van der Waals surface area (Å²) in [4.78, 5) is 12.1. The summed E-state index contributed by atoms with van der Waals surface area (Å²) in [5.74, 6) is 1.10. The molecule has 2 aromatic heterocycles. The van der Waals surface area contributed by atoms with Crippen LogP contribution in [0.15, 0.2) is 58.5 Å². The average Bonchev–Trinajstić information content (AvgIpc) is 3.25. The smallest absolute Gasteiger partial charge is 0.266 e. The van der Waals surface area contributed by atoms with Gasteiger partial charge in [0.2, 0.25) is 10.0 Å². The molecule has 0 fully saturated rings. The molecule has 0 aliphatic rings. The van der Waals surface area contributed by atoms with Crippen LogP contribution in [0.4, 0.5) is 0 Å². The van der Waals surface area contributed by atoms with Crippen molar-refractivity contribution in [2.75, 3.05) is 19.8 Å². The molecule has 0 radical (unpaired) electrons. The van der Waals surface area contributed by atoms with Crippen molar-refractivity contribution >= 4 is 10.0 Å². The number of hydrogen-bond acceptors (Lipinski definition) is 7. The van der Waals surface area contributed by atoms with E-state index >= 15 is 0 Å². The van der Waals surface area contributed by atoms with Crippen LogP contribution in [0.1, 0.15) is 13.8 Å². The number of ether oxygens (including phenoxy) is 2. The van der Waals surface area contributed by atoms with Crippen molar-refractivity contribution < 1.29 is 17.9 Å². The zero-order valence-electron chi connectivity index (χ0n) is 16.7. The Morgan fingerprint density at radius 2 is 1.90 bits per heavy atom. The lowest BCUT2D eigenvalue weighted by Gasteiger charge is -2.14. The van der Waals surface area contributed by atoms with E-state index in [0.717, 1.165) is 0 Å². The van der Waals surface area contributed by atoms with Crippen LogP contribution >= 0.6 is 0 Å². The Labute approximate surface area is 174 Å². The lowest BCUT2D eigenvalue weighted by molar-refractivity contribution is 0.322. The Morgan fingerprint density at radius 1 is 1.10 bits per heavy atom. The quantitative estimate of drug-likeness (QED) is 0.511. The average molecular weight is 433 g/mol. The molecule has 2 heterocycles. The van der Waals surface area contributed by atoms with Gasteiger partial charge in [0.1, 0.15) is 16.4 Å². The van der Waals surface area contributed by atoms with E-state index in [9.17, 15) is 13.2 Å². The summed E-state index contributed by atoms with van der Waals surface area (Å²) < 4.78 is 41.7. The first-order chi connectivity index (χ1) is 14.4. The van der Waals surface area contributed by atoms with Crippen molar-refractivity contribution in [3.05, 3.63) is 59.1 Å². The Hall–Kier alpha value is -3.18. The van der Waals surface area contributed by atoms with E-state index < -0.39 is 10.0 Å². The highest BCUT2D eigenvalue weighted by Crippen LogP contribution is 2.28. The van der Waals surface area contributed by atoms with E-state index in [1.807, 2.05) is 6.92 Å². The number of rotatable bonds is 10. The van der Waals surface area contributed by atoms with Crippen molar-refractivity contribution in [2.45, 2.75) is 25.3 Å². The molecule has 0 aliphatic heterocycles. The predicted molar refractivity (Wildman–Crippen MR) is 110 cm³/mol. The van der Waals surface area contributed by atoms with Crippen LogP contribution in [0.2, 0.25) is 0 Å². The lowest BCUT2D eigenvalue weighted by Crippen LogP contribution is -2.32. The first kappa shape index (κ1) is 21.5. The van der Waals surface area contributed by atoms with Crippen LogP contribution in [-0.4, -0.2) is 47.7 Å². The van der Waals surface area contributed by atoms with E-state index in [4.69, 9.17) is 9.47 Å². The molecule has 0 atom stereocenters. The van der Waals surface area contributed by atoms with Gasteiger partial charge in [-0.3, -0.25) is 4.79 Å². The standard InChI is InChI=1S/C19H23N5O5S/c1-3-28-15-6-7-16(29-4-2)17(14-15)30(26,27)21-11-13-24-19(25)9-8-18(22-24)23-12-5-10-20-23/h5-10,12,14,21H,3-4,11,13H2,1-2H3. The normalized spacial score (nSPS) is 11.4. The van der Waals surface area contributed by atoms with Gasteiger partial charge in [-0.15, -0.1) is 5.10 Å². The number of nitrogens with zero attached hydrogens (tertiary/aromatic N) is 4. The van der Waals surface area contributed by atoms with E-state index in [1.165, 1.54) is 21.5 Å². The number of benzene rings is 1. The SMILES string of the molecule is CCOc1ccc(OCC)c(S(=O)(=O)NCCn2nc(-n3cccn3)ccc2=O)c1. The number of aromatic nitrogens is 4. The van der Waals surface area contributed by atoms with Crippen LogP contribution < -0.4 is 19.8 Å². The fraction of sp³-hybridized carbons (Fsp3) is 0.316. The zero-order valence-corrected chi connectivity index (χ0v) is 17.5. The summed E-state index contributed by atoms with van der Waals surface area (Å²) in [6, 6.07) is 9.26. The van der Waals surface area contributed by atoms with E-state index in [-0.39, 0.29) is 29.3 Å². The molecule has 0 saturated heterocycles.